The molecule has 0 fully saturated rings. The minimum atomic E-state index is -1.11. The van der Waals surface area contributed by atoms with E-state index >= 15 is 0 Å². The maximum absolute atomic E-state index is 11.6. The molecule has 0 amide bonds. The second-order valence-corrected chi connectivity index (χ2v) is 4.56. The number of carbonyl (C=O) groups is 2. The van der Waals surface area contributed by atoms with Gasteiger partial charge in [-0.25, -0.2) is 4.98 Å². The molecule has 0 bridgehead atoms. The van der Waals surface area contributed by atoms with E-state index in [2.05, 4.69) is 14.5 Å². The molecule has 5 nitrogen and oxygen atoms in total. The first-order valence-corrected chi connectivity index (χ1v) is 6.00. The van der Waals surface area contributed by atoms with Crippen LogP contribution < -0.4 is 0 Å². The van der Waals surface area contributed by atoms with Crippen LogP contribution in [0.15, 0.2) is 24.3 Å². The number of carbonyl (C=O) groups excluding carboxylic acids is 2. The average Bonchev–Trinajstić information content (AvgIpc) is 2.81. The molecular formula is C12H11NO4S. The van der Waals surface area contributed by atoms with Crippen molar-refractivity contribution < 1.29 is 19.1 Å². The second kappa shape index (κ2) is 5.14. The van der Waals surface area contributed by atoms with E-state index in [1.165, 1.54) is 25.6 Å². The van der Waals surface area contributed by atoms with Gasteiger partial charge in [0.2, 0.25) is 5.92 Å². The van der Waals surface area contributed by atoms with Crippen LogP contribution in [0.5, 0.6) is 0 Å². The van der Waals surface area contributed by atoms with Gasteiger partial charge in [-0.15, -0.1) is 11.3 Å². The lowest BCUT2D eigenvalue weighted by atomic mass is 10.1. The summed E-state index contributed by atoms with van der Waals surface area (Å²) in [7, 11) is 2.46. The number of para-hydroxylation sites is 1. The standard InChI is InChI=1S/C12H11NO4S/c1-16-11(14)9(12(15)17-2)10-13-7-5-3-4-6-8(7)18-10/h3-6,9H,1-2H3. The van der Waals surface area contributed by atoms with Gasteiger partial charge < -0.3 is 9.47 Å². The highest BCUT2D eigenvalue weighted by Crippen LogP contribution is 2.28. The van der Waals surface area contributed by atoms with Gasteiger partial charge in [0.05, 0.1) is 24.4 Å². The number of hydrogen-bond acceptors (Lipinski definition) is 6. The van der Waals surface area contributed by atoms with Crippen molar-refractivity contribution in [3.05, 3.63) is 29.3 Å². The number of aromatic nitrogens is 1. The normalized spacial score (nSPS) is 10.6. The van der Waals surface area contributed by atoms with Crippen molar-refractivity contribution >= 4 is 33.5 Å². The van der Waals surface area contributed by atoms with Crippen LogP contribution in [-0.4, -0.2) is 31.1 Å². The lowest BCUT2D eigenvalue weighted by Gasteiger charge is -2.08. The molecule has 0 N–H and O–H groups in total. The van der Waals surface area contributed by atoms with E-state index in [1.807, 2.05) is 24.3 Å². The topological polar surface area (TPSA) is 65.5 Å². The van der Waals surface area contributed by atoms with Gasteiger partial charge in [0.25, 0.3) is 0 Å². The van der Waals surface area contributed by atoms with Crippen LogP contribution in [0.4, 0.5) is 0 Å². The Labute approximate surface area is 107 Å². The third-order valence-electron chi connectivity index (χ3n) is 2.43. The zero-order valence-electron chi connectivity index (χ0n) is 9.88. The minimum Gasteiger partial charge on any atom is -0.468 e. The number of rotatable bonds is 3. The summed E-state index contributed by atoms with van der Waals surface area (Å²) < 4.78 is 10.1. The number of thiazole rings is 1. The average molecular weight is 265 g/mol. The summed E-state index contributed by atoms with van der Waals surface area (Å²) >= 11 is 1.28. The first kappa shape index (κ1) is 12.5. The zero-order valence-corrected chi connectivity index (χ0v) is 10.7. The highest BCUT2D eigenvalue weighted by atomic mass is 32.1. The number of nitrogens with zero attached hydrogens (tertiary/aromatic N) is 1. The Kier molecular flexibility index (Phi) is 3.57. The first-order valence-electron chi connectivity index (χ1n) is 5.18. The van der Waals surface area contributed by atoms with E-state index in [0.29, 0.717) is 5.01 Å². The number of ether oxygens (including phenoxy) is 2. The maximum atomic E-state index is 11.6. The Hall–Kier alpha value is -1.95. The van der Waals surface area contributed by atoms with Crippen molar-refractivity contribution in [2.75, 3.05) is 14.2 Å². The van der Waals surface area contributed by atoms with Crippen LogP contribution in [0.25, 0.3) is 10.2 Å². The quantitative estimate of drug-likeness (QED) is 0.624. The summed E-state index contributed by atoms with van der Waals surface area (Å²) in [6.45, 7) is 0. The van der Waals surface area contributed by atoms with E-state index in [1.54, 1.807) is 0 Å². The molecule has 0 atom stereocenters. The Balaban J connectivity index is 2.47. The predicted octanol–water partition coefficient (Wildman–Crippen LogP) is 1.73. The van der Waals surface area contributed by atoms with Crippen LogP contribution >= 0.6 is 11.3 Å². The molecule has 0 saturated carbocycles. The van der Waals surface area contributed by atoms with Crippen LogP contribution in [0.3, 0.4) is 0 Å². The molecule has 2 aromatic rings. The fourth-order valence-electron chi connectivity index (χ4n) is 1.55. The van der Waals surface area contributed by atoms with Crippen molar-refractivity contribution in [2.45, 2.75) is 5.92 Å². The second-order valence-electron chi connectivity index (χ2n) is 3.50. The van der Waals surface area contributed by atoms with Gasteiger partial charge in [-0.05, 0) is 12.1 Å². The molecule has 1 heterocycles. The van der Waals surface area contributed by atoms with E-state index in [4.69, 9.17) is 0 Å². The van der Waals surface area contributed by atoms with Gasteiger partial charge in [0.1, 0.15) is 5.01 Å². The molecule has 0 aliphatic carbocycles. The third-order valence-corrected chi connectivity index (χ3v) is 3.53. The molecule has 0 spiro atoms. The molecule has 0 aliphatic heterocycles. The lowest BCUT2D eigenvalue weighted by Crippen LogP contribution is -2.24. The van der Waals surface area contributed by atoms with Gasteiger partial charge in [0, 0.05) is 0 Å². The number of esters is 2. The van der Waals surface area contributed by atoms with Crippen LogP contribution in [0.1, 0.15) is 10.9 Å². The van der Waals surface area contributed by atoms with E-state index < -0.39 is 17.9 Å². The first-order chi connectivity index (χ1) is 8.67. The van der Waals surface area contributed by atoms with Crippen LogP contribution in [-0.2, 0) is 19.1 Å². The summed E-state index contributed by atoms with van der Waals surface area (Å²) in [6.07, 6.45) is 0. The van der Waals surface area contributed by atoms with E-state index in [-0.39, 0.29) is 0 Å². The molecular weight excluding hydrogens is 254 g/mol. The van der Waals surface area contributed by atoms with Crippen LogP contribution in [0.2, 0.25) is 0 Å². The molecule has 18 heavy (non-hydrogen) atoms. The lowest BCUT2D eigenvalue weighted by molar-refractivity contribution is -0.154. The molecule has 1 aromatic heterocycles. The van der Waals surface area contributed by atoms with Gasteiger partial charge >= 0.3 is 11.9 Å². The van der Waals surface area contributed by atoms with Gasteiger partial charge in [-0.1, -0.05) is 12.1 Å². The highest BCUT2D eigenvalue weighted by molar-refractivity contribution is 7.18. The molecule has 1 aromatic carbocycles. The summed E-state index contributed by atoms with van der Waals surface area (Å²) in [4.78, 5) is 27.5. The minimum absolute atomic E-state index is 0.384. The molecule has 6 heteroatoms. The zero-order chi connectivity index (χ0) is 13.1. The van der Waals surface area contributed by atoms with Crippen molar-refractivity contribution in [3.63, 3.8) is 0 Å². The SMILES string of the molecule is COC(=O)C(C(=O)OC)c1nc2ccccc2s1. The fourth-order valence-corrected chi connectivity index (χ4v) is 2.59. The summed E-state index contributed by atoms with van der Waals surface area (Å²) in [5.41, 5.74) is 0.746. The Morgan fingerprint density at radius 3 is 2.33 bits per heavy atom. The highest BCUT2D eigenvalue weighted by Gasteiger charge is 2.33. The fraction of sp³-hybridized carbons (Fsp3) is 0.250. The number of methoxy groups -OCH3 is 2. The molecule has 0 radical (unpaired) electrons. The molecule has 94 valence electrons. The third kappa shape index (κ3) is 2.19. The van der Waals surface area contributed by atoms with Gasteiger partial charge in [-0.3, -0.25) is 9.59 Å². The Morgan fingerprint density at radius 2 is 1.78 bits per heavy atom. The molecule has 0 unspecified atom stereocenters. The summed E-state index contributed by atoms with van der Waals surface area (Å²) in [5.74, 6) is -2.45. The molecule has 2 rings (SSSR count). The van der Waals surface area contributed by atoms with E-state index in [0.717, 1.165) is 10.2 Å². The largest absolute Gasteiger partial charge is 0.468 e. The predicted molar refractivity (Wildman–Crippen MR) is 66.4 cm³/mol. The smallest absolute Gasteiger partial charge is 0.327 e. The monoisotopic (exact) mass is 265 g/mol. The van der Waals surface area contributed by atoms with Crippen molar-refractivity contribution in [1.29, 1.82) is 0 Å². The van der Waals surface area contributed by atoms with Crippen molar-refractivity contribution in [2.24, 2.45) is 0 Å². The molecule has 0 saturated heterocycles. The van der Waals surface area contributed by atoms with Gasteiger partial charge in [0.15, 0.2) is 0 Å². The summed E-state index contributed by atoms with van der Waals surface area (Å²) in [6, 6.07) is 7.41. The van der Waals surface area contributed by atoms with Crippen molar-refractivity contribution in [3.8, 4) is 0 Å². The van der Waals surface area contributed by atoms with E-state index in [9.17, 15) is 9.59 Å². The number of benzene rings is 1. The number of fused-ring (bicyclic) bond motifs is 1. The van der Waals surface area contributed by atoms with Crippen LogP contribution in [0, 0.1) is 0 Å². The number of hydrogen-bond donors (Lipinski definition) is 0. The van der Waals surface area contributed by atoms with Gasteiger partial charge in [-0.2, -0.15) is 0 Å². The Bertz CT molecular complexity index is 544. The molecule has 0 aliphatic rings. The maximum Gasteiger partial charge on any atom is 0.327 e. The Morgan fingerprint density at radius 1 is 1.17 bits per heavy atom. The van der Waals surface area contributed by atoms with Crippen molar-refractivity contribution in [1.82, 2.24) is 4.98 Å². The summed E-state index contributed by atoms with van der Waals surface area (Å²) in [5, 5.41) is 0.384.